The Bertz CT molecular complexity index is 572. The highest BCUT2D eigenvalue weighted by Crippen LogP contribution is 2.14. The molecule has 104 valence electrons. The monoisotopic (exact) mass is 288 g/mol. The Kier molecular flexibility index (Phi) is 5.16. The van der Waals surface area contributed by atoms with Crippen LogP contribution in [0.25, 0.3) is 0 Å². The summed E-state index contributed by atoms with van der Waals surface area (Å²) in [7, 11) is 0. The lowest BCUT2D eigenvalue weighted by Gasteiger charge is -2.13. The number of rotatable bonds is 5. The van der Waals surface area contributed by atoms with Crippen LogP contribution in [0.1, 0.15) is 11.1 Å². The molecule has 0 spiro atoms. The molecule has 0 saturated heterocycles. The minimum Gasteiger partial charge on any atom is -0.351 e. The largest absolute Gasteiger partial charge is 0.351 e. The van der Waals surface area contributed by atoms with Crippen LogP contribution in [-0.4, -0.2) is 11.9 Å². The minimum atomic E-state index is -0.556. The molecule has 0 heterocycles. The Labute approximate surface area is 123 Å². The zero-order chi connectivity index (χ0) is 14.4. The quantitative estimate of drug-likeness (QED) is 0.888. The fourth-order valence-electron chi connectivity index (χ4n) is 1.92. The number of amides is 1. The molecule has 0 fully saturated rings. The van der Waals surface area contributed by atoms with Gasteiger partial charge in [-0.1, -0.05) is 60.1 Å². The van der Waals surface area contributed by atoms with Gasteiger partial charge in [-0.15, -0.1) is 0 Å². The topological polar surface area (TPSA) is 55.1 Å². The van der Waals surface area contributed by atoms with Crippen LogP contribution in [0.3, 0.4) is 0 Å². The summed E-state index contributed by atoms with van der Waals surface area (Å²) in [4.78, 5) is 12.0. The SMILES string of the molecule is N[C@H](Cc1ccccc1)C(=O)NCc1ccccc1Cl. The normalized spacial score (nSPS) is 11.9. The molecule has 3 N–H and O–H groups in total. The van der Waals surface area contributed by atoms with Gasteiger partial charge in [0.2, 0.25) is 5.91 Å². The van der Waals surface area contributed by atoms with E-state index < -0.39 is 6.04 Å². The Hall–Kier alpha value is -1.84. The second-order valence-electron chi connectivity index (χ2n) is 4.61. The summed E-state index contributed by atoms with van der Waals surface area (Å²) >= 11 is 6.03. The summed E-state index contributed by atoms with van der Waals surface area (Å²) in [5.41, 5.74) is 7.84. The number of benzene rings is 2. The van der Waals surface area contributed by atoms with Gasteiger partial charge in [-0.2, -0.15) is 0 Å². The van der Waals surface area contributed by atoms with Crippen LogP contribution in [0, 0.1) is 0 Å². The summed E-state index contributed by atoms with van der Waals surface area (Å²) in [6, 6.07) is 16.6. The number of hydrogen-bond acceptors (Lipinski definition) is 2. The van der Waals surface area contributed by atoms with Gasteiger partial charge in [-0.25, -0.2) is 0 Å². The standard InChI is InChI=1S/C16H17ClN2O/c17-14-9-5-4-8-13(14)11-19-16(20)15(18)10-12-6-2-1-3-7-12/h1-9,15H,10-11,18H2,(H,19,20)/t15-/m1/s1. The maximum atomic E-state index is 12.0. The average molecular weight is 289 g/mol. The first kappa shape index (κ1) is 14.6. The number of halogens is 1. The second-order valence-corrected chi connectivity index (χ2v) is 5.01. The van der Waals surface area contributed by atoms with E-state index in [1.54, 1.807) is 6.07 Å². The number of carbonyl (C=O) groups is 1. The van der Waals surface area contributed by atoms with Crippen LogP contribution in [0.4, 0.5) is 0 Å². The van der Waals surface area contributed by atoms with Gasteiger partial charge < -0.3 is 11.1 Å². The first-order valence-corrected chi connectivity index (χ1v) is 6.85. The third-order valence-corrected chi connectivity index (χ3v) is 3.41. The van der Waals surface area contributed by atoms with E-state index in [0.717, 1.165) is 11.1 Å². The van der Waals surface area contributed by atoms with Gasteiger partial charge >= 0.3 is 0 Å². The molecule has 0 aromatic heterocycles. The Balaban J connectivity index is 1.87. The maximum absolute atomic E-state index is 12.0. The van der Waals surface area contributed by atoms with Crippen LogP contribution in [0.15, 0.2) is 54.6 Å². The lowest BCUT2D eigenvalue weighted by molar-refractivity contribution is -0.122. The summed E-state index contributed by atoms with van der Waals surface area (Å²) in [6.07, 6.45) is 0.523. The van der Waals surface area contributed by atoms with Crippen LogP contribution in [-0.2, 0) is 17.8 Å². The molecule has 0 aliphatic rings. The predicted octanol–water partition coefficient (Wildman–Crippen LogP) is 2.53. The number of nitrogens with two attached hydrogens (primary N) is 1. The molecular weight excluding hydrogens is 272 g/mol. The molecule has 1 amide bonds. The van der Waals surface area contributed by atoms with Crippen molar-refractivity contribution in [2.24, 2.45) is 5.73 Å². The molecular formula is C16H17ClN2O. The molecule has 1 atom stereocenters. The fraction of sp³-hybridized carbons (Fsp3) is 0.188. The average Bonchev–Trinajstić information content (AvgIpc) is 2.47. The van der Waals surface area contributed by atoms with E-state index in [2.05, 4.69) is 5.32 Å². The van der Waals surface area contributed by atoms with Crippen molar-refractivity contribution in [2.75, 3.05) is 0 Å². The number of carbonyl (C=O) groups excluding carboxylic acids is 1. The lowest BCUT2D eigenvalue weighted by Crippen LogP contribution is -2.41. The highest BCUT2D eigenvalue weighted by Gasteiger charge is 2.13. The second kappa shape index (κ2) is 7.08. The van der Waals surface area contributed by atoms with Crippen LogP contribution >= 0.6 is 11.6 Å². The van der Waals surface area contributed by atoms with Gasteiger partial charge in [0.05, 0.1) is 6.04 Å². The van der Waals surface area contributed by atoms with Crippen molar-refractivity contribution in [1.29, 1.82) is 0 Å². The van der Waals surface area contributed by atoms with Gasteiger partial charge in [-0.05, 0) is 23.6 Å². The van der Waals surface area contributed by atoms with Crippen molar-refractivity contribution in [3.05, 3.63) is 70.7 Å². The van der Waals surface area contributed by atoms with Gasteiger partial charge in [0.1, 0.15) is 0 Å². The maximum Gasteiger partial charge on any atom is 0.237 e. The highest BCUT2D eigenvalue weighted by molar-refractivity contribution is 6.31. The summed E-state index contributed by atoms with van der Waals surface area (Å²) < 4.78 is 0. The van der Waals surface area contributed by atoms with Crippen LogP contribution in [0.5, 0.6) is 0 Å². The molecule has 0 saturated carbocycles. The molecule has 4 heteroatoms. The van der Waals surface area contributed by atoms with E-state index in [1.807, 2.05) is 48.5 Å². The smallest absolute Gasteiger partial charge is 0.237 e. The Morgan fingerprint density at radius 3 is 2.45 bits per heavy atom. The van der Waals surface area contributed by atoms with Crippen molar-refractivity contribution in [3.63, 3.8) is 0 Å². The minimum absolute atomic E-state index is 0.172. The summed E-state index contributed by atoms with van der Waals surface area (Å²) in [5.74, 6) is -0.172. The van der Waals surface area contributed by atoms with Crippen molar-refractivity contribution < 1.29 is 4.79 Å². The van der Waals surface area contributed by atoms with E-state index in [1.165, 1.54) is 0 Å². The molecule has 2 aromatic rings. The molecule has 0 aliphatic heterocycles. The van der Waals surface area contributed by atoms with E-state index in [-0.39, 0.29) is 5.91 Å². The summed E-state index contributed by atoms with van der Waals surface area (Å²) in [6.45, 7) is 0.390. The van der Waals surface area contributed by atoms with Crippen LogP contribution < -0.4 is 11.1 Å². The highest BCUT2D eigenvalue weighted by atomic mass is 35.5. The molecule has 2 aromatic carbocycles. The zero-order valence-corrected chi connectivity index (χ0v) is 11.8. The fourth-order valence-corrected chi connectivity index (χ4v) is 2.12. The Morgan fingerprint density at radius 2 is 1.75 bits per heavy atom. The predicted molar refractivity (Wildman–Crippen MR) is 81.4 cm³/mol. The Morgan fingerprint density at radius 1 is 1.10 bits per heavy atom. The third kappa shape index (κ3) is 4.08. The van der Waals surface area contributed by atoms with Crippen molar-refractivity contribution in [2.45, 2.75) is 19.0 Å². The van der Waals surface area contributed by atoms with Gasteiger partial charge in [0.25, 0.3) is 0 Å². The van der Waals surface area contributed by atoms with Crippen molar-refractivity contribution >= 4 is 17.5 Å². The van der Waals surface area contributed by atoms with Crippen molar-refractivity contribution in [3.8, 4) is 0 Å². The van der Waals surface area contributed by atoms with Crippen molar-refractivity contribution in [1.82, 2.24) is 5.32 Å². The molecule has 0 aliphatic carbocycles. The molecule has 2 rings (SSSR count). The van der Waals surface area contributed by atoms with E-state index >= 15 is 0 Å². The molecule has 0 radical (unpaired) electrons. The zero-order valence-electron chi connectivity index (χ0n) is 11.1. The van der Waals surface area contributed by atoms with Crippen LogP contribution in [0.2, 0.25) is 5.02 Å². The van der Waals surface area contributed by atoms with E-state index in [4.69, 9.17) is 17.3 Å². The molecule has 20 heavy (non-hydrogen) atoms. The van der Waals surface area contributed by atoms with E-state index in [9.17, 15) is 4.79 Å². The summed E-state index contributed by atoms with van der Waals surface area (Å²) in [5, 5.41) is 3.45. The molecule has 0 bridgehead atoms. The van der Waals surface area contributed by atoms with Gasteiger partial charge in [-0.3, -0.25) is 4.79 Å². The van der Waals surface area contributed by atoms with Gasteiger partial charge in [0.15, 0.2) is 0 Å². The third-order valence-electron chi connectivity index (χ3n) is 3.05. The number of hydrogen-bond donors (Lipinski definition) is 2. The van der Waals surface area contributed by atoms with Gasteiger partial charge in [0, 0.05) is 11.6 Å². The number of nitrogens with one attached hydrogen (secondary N) is 1. The lowest BCUT2D eigenvalue weighted by atomic mass is 10.1. The molecule has 0 unspecified atom stereocenters. The van der Waals surface area contributed by atoms with E-state index in [0.29, 0.717) is 18.0 Å². The first-order chi connectivity index (χ1) is 9.66. The molecule has 3 nitrogen and oxygen atoms in total. The first-order valence-electron chi connectivity index (χ1n) is 6.47.